The Labute approximate surface area is 259 Å². The van der Waals surface area contributed by atoms with Crippen LogP contribution in [0.3, 0.4) is 0 Å². The molecule has 0 aliphatic heterocycles. The zero-order chi connectivity index (χ0) is 30.2. The van der Waals surface area contributed by atoms with Gasteiger partial charge in [0.25, 0.3) is 11.8 Å². The van der Waals surface area contributed by atoms with Crippen molar-refractivity contribution < 1.29 is 18.8 Å². The number of hydrogen-bond acceptors (Lipinski definition) is 7. The van der Waals surface area contributed by atoms with Gasteiger partial charge in [0.15, 0.2) is 5.13 Å². The van der Waals surface area contributed by atoms with Crippen LogP contribution in [0.5, 0.6) is 0 Å². The molecule has 0 spiro atoms. The average molecular weight is 629 g/mol. The van der Waals surface area contributed by atoms with Crippen molar-refractivity contribution >= 4 is 69.1 Å². The number of hydrogen-bond donors (Lipinski definition) is 3. The van der Waals surface area contributed by atoms with Crippen molar-refractivity contribution in [3.8, 4) is 11.3 Å². The van der Waals surface area contributed by atoms with E-state index in [1.807, 2.05) is 40.4 Å². The lowest BCUT2D eigenvalue weighted by molar-refractivity contribution is -0.115. The maximum absolute atomic E-state index is 13.2. The second-order valence-corrected chi connectivity index (χ2v) is 12.3. The van der Waals surface area contributed by atoms with Gasteiger partial charge in [0, 0.05) is 27.1 Å². The molecule has 2 aromatic heterocycles. The first-order chi connectivity index (χ1) is 20.8. The molecule has 5 aromatic rings. The van der Waals surface area contributed by atoms with E-state index in [1.165, 1.54) is 46.6 Å². The van der Waals surface area contributed by atoms with Gasteiger partial charge in [-0.2, -0.15) is 11.3 Å². The number of thiazole rings is 1. The topological polar surface area (TPSA) is 100 Å². The van der Waals surface area contributed by atoms with Crippen LogP contribution in [-0.4, -0.2) is 28.0 Å². The van der Waals surface area contributed by atoms with Gasteiger partial charge in [-0.15, -0.1) is 23.1 Å². The van der Waals surface area contributed by atoms with E-state index >= 15 is 0 Å². The van der Waals surface area contributed by atoms with Crippen molar-refractivity contribution in [2.24, 2.45) is 0 Å². The predicted octanol–water partition coefficient (Wildman–Crippen LogP) is 7.54. The highest BCUT2D eigenvalue weighted by molar-refractivity contribution is 8.00. The predicted molar refractivity (Wildman–Crippen MR) is 173 cm³/mol. The molecular formula is C32H25FN4O3S3. The number of carbonyl (C=O) groups is 3. The summed E-state index contributed by atoms with van der Waals surface area (Å²) in [6, 6.07) is 23.6. The van der Waals surface area contributed by atoms with Crippen molar-refractivity contribution in [2.75, 3.05) is 10.6 Å². The zero-order valence-corrected chi connectivity index (χ0v) is 25.2. The van der Waals surface area contributed by atoms with Gasteiger partial charge in [-0.3, -0.25) is 14.4 Å². The summed E-state index contributed by atoms with van der Waals surface area (Å²) in [5, 5.41) is 14.0. The van der Waals surface area contributed by atoms with Gasteiger partial charge in [0.05, 0.1) is 10.9 Å². The number of anilines is 2. The van der Waals surface area contributed by atoms with Gasteiger partial charge in [-0.25, -0.2) is 9.37 Å². The second kappa shape index (κ2) is 14.1. The number of carbonyl (C=O) groups excluding carboxylic acids is 3. The molecule has 0 saturated carbocycles. The molecule has 11 heteroatoms. The quantitative estimate of drug-likeness (QED) is 0.110. The SMILES string of the molecule is CC(Sc1ccc(NC(=O)/C(=C/c2ccsc2)NC(=O)c2ccccc2)cc1)C(=O)Nc1nc(-c2ccc(F)cc2)cs1. The second-order valence-electron chi connectivity index (χ2n) is 9.21. The van der Waals surface area contributed by atoms with Crippen molar-refractivity contribution in [3.05, 3.63) is 124 Å². The van der Waals surface area contributed by atoms with Gasteiger partial charge >= 0.3 is 0 Å². The Bertz CT molecular complexity index is 1740. The molecule has 216 valence electrons. The first-order valence-corrected chi connectivity index (χ1v) is 15.7. The highest BCUT2D eigenvalue weighted by Crippen LogP contribution is 2.28. The largest absolute Gasteiger partial charge is 0.321 e. The molecule has 0 aliphatic rings. The van der Waals surface area contributed by atoms with Crippen LogP contribution in [0.4, 0.5) is 15.2 Å². The van der Waals surface area contributed by atoms with Crippen LogP contribution in [0.1, 0.15) is 22.8 Å². The van der Waals surface area contributed by atoms with Crippen LogP contribution in [0, 0.1) is 5.82 Å². The molecule has 0 aliphatic carbocycles. The summed E-state index contributed by atoms with van der Waals surface area (Å²) in [5.74, 6) is -1.38. The summed E-state index contributed by atoms with van der Waals surface area (Å²) in [5.41, 5.74) is 3.31. The number of nitrogens with one attached hydrogen (secondary N) is 3. The molecule has 0 saturated heterocycles. The van der Waals surface area contributed by atoms with E-state index in [2.05, 4.69) is 20.9 Å². The van der Waals surface area contributed by atoms with Gasteiger partial charge in [-0.1, -0.05) is 18.2 Å². The molecule has 0 fully saturated rings. The molecule has 43 heavy (non-hydrogen) atoms. The van der Waals surface area contributed by atoms with E-state index in [0.29, 0.717) is 22.1 Å². The molecule has 5 rings (SSSR count). The maximum atomic E-state index is 13.2. The van der Waals surface area contributed by atoms with Crippen LogP contribution in [0.2, 0.25) is 0 Å². The number of nitrogens with zero attached hydrogens (tertiary/aromatic N) is 1. The minimum Gasteiger partial charge on any atom is -0.321 e. The number of benzene rings is 3. The Hall–Kier alpha value is -4.58. The van der Waals surface area contributed by atoms with Gasteiger partial charge in [0.1, 0.15) is 11.5 Å². The van der Waals surface area contributed by atoms with Crippen molar-refractivity contribution in [1.82, 2.24) is 10.3 Å². The first-order valence-electron chi connectivity index (χ1n) is 13.0. The molecule has 3 amide bonds. The summed E-state index contributed by atoms with van der Waals surface area (Å²) in [6.45, 7) is 1.79. The van der Waals surface area contributed by atoms with Crippen molar-refractivity contribution in [3.63, 3.8) is 0 Å². The highest BCUT2D eigenvalue weighted by Gasteiger charge is 2.18. The molecular weight excluding hydrogens is 604 g/mol. The molecule has 0 bridgehead atoms. The fourth-order valence-electron chi connectivity index (χ4n) is 3.83. The van der Waals surface area contributed by atoms with Crippen LogP contribution < -0.4 is 16.0 Å². The number of rotatable bonds is 10. The Morgan fingerprint density at radius 3 is 2.35 bits per heavy atom. The van der Waals surface area contributed by atoms with E-state index < -0.39 is 11.2 Å². The van der Waals surface area contributed by atoms with E-state index in [0.717, 1.165) is 16.0 Å². The number of aromatic nitrogens is 1. The standard InChI is InChI=1S/C32H25FN4O3S3/c1-20(29(38)37-32-36-28(19-42-32)22-7-9-24(33)10-8-22)43-26-13-11-25(12-14-26)34-31(40)27(17-21-15-16-41-18-21)35-30(39)23-5-3-2-4-6-23/h2-20H,1H3,(H,34,40)(H,35,39)(H,36,37,38)/b27-17-. The fourth-order valence-corrected chi connectivity index (χ4v) is 6.04. The lowest BCUT2D eigenvalue weighted by Gasteiger charge is -2.13. The monoisotopic (exact) mass is 628 g/mol. The fraction of sp³-hybridized carbons (Fsp3) is 0.0625. The lowest BCUT2D eigenvalue weighted by Crippen LogP contribution is -2.30. The summed E-state index contributed by atoms with van der Waals surface area (Å²) in [7, 11) is 0. The highest BCUT2D eigenvalue weighted by atomic mass is 32.2. The Morgan fingerprint density at radius 1 is 0.907 bits per heavy atom. The lowest BCUT2D eigenvalue weighted by atomic mass is 10.2. The molecule has 1 unspecified atom stereocenters. The maximum Gasteiger partial charge on any atom is 0.272 e. The normalized spacial score (nSPS) is 11.9. The summed E-state index contributed by atoms with van der Waals surface area (Å²) < 4.78 is 13.2. The number of thioether (sulfide) groups is 1. The average Bonchev–Trinajstić information content (AvgIpc) is 3.71. The number of thiophene rings is 1. The molecule has 3 N–H and O–H groups in total. The Morgan fingerprint density at radius 2 is 1.65 bits per heavy atom. The third-order valence-corrected chi connectivity index (χ3v) is 8.62. The van der Waals surface area contributed by atoms with Crippen LogP contribution in [-0.2, 0) is 9.59 Å². The smallest absolute Gasteiger partial charge is 0.272 e. The summed E-state index contributed by atoms with van der Waals surface area (Å²) >= 11 is 4.15. The van der Waals surface area contributed by atoms with Crippen molar-refractivity contribution in [2.45, 2.75) is 17.1 Å². The van der Waals surface area contributed by atoms with Crippen molar-refractivity contribution in [1.29, 1.82) is 0 Å². The molecule has 2 heterocycles. The third-order valence-electron chi connectivity index (χ3n) is 6.05. The summed E-state index contributed by atoms with van der Waals surface area (Å²) in [4.78, 5) is 44.0. The Kier molecular flexibility index (Phi) is 9.77. The third kappa shape index (κ3) is 8.25. The molecule has 3 aromatic carbocycles. The van der Waals surface area contributed by atoms with Crippen LogP contribution in [0.15, 0.2) is 112 Å². The first kappa shape index (κ1) is 29.9. The van der Waals surface area contributed by atoms with E-state index in [9.17, 15) is 18.8 Å². The molecule has 0 radical (unpaired) electrons. The number of halogens is 1. The van der Waals surface area contributed by atoms with Crippen LogP contribution in [0.25, 0.3) is 17.3 Å². The van der Waals surface area contributed by atoms with Crippen LogP contribution >= 0.6 is 34.4 Å². The number of amides is 3. The van der Waals surface area contributed by atoms with E-state index in [-0.39, 0.29) is 23.3 Å². The van der Waals surface area contributed by atoms with E-state index in [4.69, 9.17) is 0 Å². The zero-order valence-electron chi connectivity index (χ0n) is 22.7. The minimum atomic E-state index is -0.466. The van der Waals surface area contributed by atoms with Gasteiger partial charge < -0.3 is 16.0 Å². The van der Waals surface area contributed by atoms with Gasteiger partial charge in [-0.05, 0) is 96.1 Å². The minimum absolute atomic E-state index is 0.112. The Balaban J connectivity index is 1.18. The molecule has 7 nitrogen and oxygen atoms in total. The molecule has 1 atom stereocenters. The van der Waals surface area contributed by atoms with E-state index in [1.54, 1.807) is 61.5 Å². The van der Waals surface area contributed by atoms with Gasteiger partial charge in [0.2, 0.25) is 5.91 Å². The summed E-state index contributed by atoms with van der Waals surface area (Å²) in [6.07, 6.45) is 1.63.